The van der Waals surface area contributed by atoms with E-state index in [0.29, 0.717) is 5.92 Å². The zero-order chi connectivity index (χ0) is 11.8. The van der Waals surface area contributed by atoms with Crippen molar-refractivity contribution in [3.63, 3.8) is 0 Å². The molecule has 1 aromatic carbocycles. The summed E-state index contributed by atoms with van der Waals surface area (Å²) in [7, 11) is 0. The van der Waals surface area contributed by atoms with Gasteiger partial charge in [-0.15, -0.1) is 0 Å². The summed E-state index contributed by atoms with van der Waals surface area (Å²) in [6.45, 7) is 4.42. The van der Waals surface area contributed by atoms with Crippen molar-refractivity contribution >= 4 is 0 Å². The Morgan fingerprint density at radius 2 is 1.88 bits per heavy atom. The summed E-state index contributed by atoms with van der Waals surface area (Å²) in [6, 6.07) is 7.12. The van der Waals surface area contributed by atoms with Gasteiger partial charge in [0.2, 0.25) is 0 Å². The first-order valence-corrected chi connectivity index (χ1v) is 6.53. The van der Waals surface area contributed by atoms with Crippen LogP contribution in [-0.2, 0) is 0 Å². The van der Waals surface area contributed by atoms with Gasteiger partial charge in [-0.2, -0.15) is 0 Å². The first kappa shape index (κ1) is 13.2. The Labute approximate surface area is 98.9 Å². The zero-order valence-corrected chi connectivity index (χ0v) is 10.5. The second-order valence-corrected chi connectivity index (χ2v) is 4.54. The third kappa shape index (κ3) is 4.34. The van der Waals surface area contributed by atoms with Crippen LogP contribution in [0.15, 0.2) is 24.3 Å². The Morgan fingerprint density at radius 1 is 1.06 bits per heavy atom. The van der Waals surface area contributed by atoms with Crippen molar-refractivity contribution in [3.05, 3.63) is 35.6 Å². The quantitative estimate of drug-likeness (QED) is 0.550. The Hall–Kier alpha value is -0.850. The predicted molar refractivity (Wildman–Crippen MR) is 68.2 cm³/mol. The van der Waals surface area contributed by atoms with Crippen molar-refractivity contribution in [2.45, 2.75) is 58.3 Å². The van der Waals surface area contributed by atoms with Crippen LogP contribution in [0.2, 0.25) is 0 Å². The second-order valence-electron chi connectivity index (χ2n) is 4.54. The number of rotatable bonds is 7. The smallest absolute Gasteiger partial charge is 0.123 e. The van der Waals surface area contributed by atoms with E-state index in [4.69, 9.17) is 0 Å². The average molecular weight is 222 g/mol. The van der Waals surface area contributed by atoms with Gasteiger partial charge in [0, 0.05) is 0 Å². The first-order chi connectivity index (χ1) is 7.77. The van der Waals surface area contributed by atoms with E-state index in [9.17, 15) is 4.39 Å². The van der Waals surface area contributed by atoms with Gasteiger partial charge < -0.3 is 0 Å². The standard InChI is InChI=1S/C15H23F/c1-3-5-6-9-13(8-4-2)14-10-7-11-15(16)12-14/h7,10-13H,3-6,8-9H2,1-2H3. The molecule has 0 radical (unpaired) electrons. The molecule has 1 rings (SSSR count). The summed E-state index contributed by atoms with van der Waals surface area (Å²) in [4.78, 5) is 0. The zero-order valence-electron chi connectivity index (χ0n) is 10.5. The van der Waals surface area contributed by atoms with Crippen LogP contribution in [0.5, 0.6) is 0 Å². The Kier molecular flexibility index (Phi) is 6.14. The van der Waals surface area contributed by atoms with Crippen LogP contribution in [0.3, 0.4) is 0 Å². The molecule has 0 amide bonds. The van der Waals surface area contributed by atoms with Crippen LogP contribution < -0.4 is 0 Å². The van der Waals surface area contributed by atoms with E-state index in [1.807, 2.05) is 6.07 Å². The van der Waals surface area contributed by atoms with Crippen LogP contribution in [0.1, 0.15) is 63.9 Å². The fourth-order valence-corrected chi connectivity index (χ4v) is 2.23. The average Bonchev–Trinajstić information content (AvgIpc) is 2.28. The molecule has 0 aromatic heterocycles. The van der Waals surface area contributed by atoms with Gasteiger partial charge in [-0.3, -0.25) is 0 Å². The summed E-state index contributed by atoms with van der Waals surface area (Å²) >= 11 is 0. The van der Waals surface area contributed by atoms with Crippen LogP contribution >= 0.6 is 0 Å². The minimum Gasteiger partial charge on any atom is -0.207 e. The highest BCUT2D eigenvalue weighted by Gasteiger charge is 2.10. The molecule has 0 spiro atoms. The van der Waals surface area contributed by atoms with Crippen molar-refractivity contribution < 1.29 is 4.39 Å². The number of benzene rings is 1. The first-order valence-electron chi connectivity index (χ1n) is 6.53. The molecule has 1 atom stereocenters. The van der Waals surface area contributed by atoms with E-state index in [1.165, 1.54) is 50.2 Å². The van der Waals surface area contributed by atoms with E-state index in [1.54, 1.807) is 6.07 Å². The van der Waals surface area contributed by atoms with Gasteiger partial charge in [0.1, 0.15) is 5.82 Å². The van der Waals surface area contributed by atoms with E-state index in [0.717, 1.165) is 0 Å². The highest BCUT2D eigenvalue weighted by atomic mass is 19.1. The topological polar surface area (TPSA) is 0 Å². The third-order valence-corrected chi connectivity index (χ3v) is 3.11. The summed E-state index contributed by atoms with van der Waals surface area (Å²) < 4.78 is 13.2. The molecule has 0 saturated carbocycles. The van der Waals surface area contributed by atoms with Crippen molar-refractivity contribution in [3.8, 4) is 0 Å². The molecule has 0 aliphatic rings. The highest BCUT2D eigenvalue weighted by Crippen LogP contribution is 2.27. The maximum Gasteiger partial charge on any atom is 0.123 e. The molecular weight excluding hydrogens is 199 g/mol. The molecular formula is C15H23F. The van der Waals surface area contributed by atoms with Crippen LogP contribution in [0.4, 0.5) is 4.39 Å². The lowest BCUT2D eigenvalue weighted by Gasteiger charge is -2.16. The van der Waals surface area contributed by atoms with Crippen LogP contribution in [-0.4, -0.2) is 0 Å². The number of halogens is 1. The molecule has 90 valence electrons. The fraction of sp³-hybridized carbons (Fsp3) is 0.600. The summed E-state index contributed by atoms with van der Waals surface area (Å²) in [5.41, 5.74) is 1.18. The molecule has 0 saturated heterocycles. The molecule has 1 unspecified atom stereocenters. The van der Waals surface area contributed by atoms with Crippen molar-refractivity contribution in [1.29, 1.82) is 0 Å². The SMILES string of the molecule is CCCCCC(CCC)c1cccc(F)c1. The minimum atomic E-state index is -0.103. The second kappa shape index (κ2) is 7.43. The van der Waals surface area contributed by atoms with Gasteiger partial charge in [-0.1, -0.05) is 51.7 Å². The molecule has 0 nitrogen and oxygen atoms in total. The van der Waals surface area contributed by atoms with Crippen molar-refractivity contribution in [2.75, 3.05) is 0 Å². The van der Waals surface area contributed by atoms with Gasteiger partial charge in [0.05, 0.1) is 0 Å². The molecule has 0 bridgehead atoms. The molecule has 16 heavy (non-hydrogen) atoms. The summed E-state index contributed by atoms with van der Waals surface area (Å²) in [5, 5.41) is 0. The normalized spacial score (nSPS) is 12.7. The largest absolute Gasteiger partial charge is 0.207 e. The Bertz CT molecular complexity index is 293. The molecule has 0 fully saturated rings. The van der Waals surface area contributed by atoms with E-state index in [2.05, 4.69) is 19.9 Å². The van der Waals surface area contributed by atoms with Crippen molar-refractivity contribution in [1.82, 2.24) is 0 Å². The van der Waals surface area contributed by atoms with E-state index < -0.39 is 0 Å². The van der Waals surface area contributed by atoms with E-state index in [-0.39, 0.29) is 5.82 Å². The third-order valence-electron chi connectivity index (χ3n) is 3.11. The number of unbranched alkanes of at least 4 members (excludes halogenated alkanes) is 2. The van der Waals surface area contributed by atoms with Gasteiger partial charge >= 0.3 is 0 Å². The van der Waals surface area contributed by atoms with Crippen molar-refractivity contribution in [2.24, 2.45) is 0 Å². The van der Waals surface area contributed by atoms with Gasteiger partial charge in [0.25, 0.3) is 0 Å². The number of hydrogen-bond acceptors (Lipinski definition) is 0. The Balaban J connectivity index is 2.61. The van der Waals surface area contributed by atoms with E-state index >= 15 is 0 Å². The predicted octanol–water partition coefficient (Wildman–Crippen LogP) is 5.29. The van der Waals surface area contributed by atoms with Gasteiger partial charge in [-0.25, -0.2) is 4.39 Å². The van der Waals surface area contributed by atoms with Crippen LogP contribution in [0.25, 0.3) is 0 Å². The van der Waals surface area contributed by atoms with Crippen LogP contribution in [0, 0.1) is 5.82 Å². The minimum absolute atomic E-state index is 0.103. The molecule has 0 heterocycles. The Morgan fingerprint density at radius 3 is 2.50 bits per heavy atom. The fourth-order valence-electron chi connectivity index (χ4n) is 2.23. The maximum absolute atomic E-state index is 13.2. The molecule has 1 aromatic rings. The lowest BCUT2D eigenvalue weighted by molar-refractivity contribution is 0.525. The highest BCUT2D eigenvalue weighted by molar-refractivity contribution is 5.20. The maximum atomic E-state index is 13.2. The molecule has 1 heteroatoms. The number of hydrogen-bond donors (Lipinski definition) is 0. The molecule has 0 aliphatic heterocycles. The molecule has 0 N–H and O–H groups in total. The summed E-state index contributed by atoms with van der Waals surface area (Å²) in [6.07, 6.45) is 7.35. The lowest BCUT2D eigenvalue weighted by Crippen LogP contribution is -1.99. The van der Waals surface area contributed by atoms with Gasteiger partial charge in [-0.05, 0) is 36.5 Å². The lowest BCUT2D eigenvalue weighted by atomic mass is 9.89. The molecule has 0 aliphatic carbocycles. The summed E-state index contributed by atoms with van der Waals surface area (Å²) in [5.74, 6) is 0.446. The van der Waals surface area contributed by atoms with Gasteiger partial charge in [0.15, 0.2) is 0 Å². The monoisotopic (exact) mass is 222 g/mol.